The van der Waals surface area contributed by atoms with E-state index in [1.165, 1.54) is 16.2 Å². The van der Waals surface area contributed by atoms with Gasteiger partial charge in [0.05, 0.1) is 27.5 Å². The van der Waals surface area contributed by atoms with Gasteiger partial charge in [-0.3, -0.25) is 18.9 Å². The third-order valence-electron chi connectivity index (χ3n) is 6.23. The number of carbonyl (C=O) groups is 2. The largest absolute Gasteiger partial charge is 0.505 e. The van der Waals surface area contributed by atoms with Crippen LogP contribution in [-0.2, 0) is 9.59 Å². The molecule has 5 aromatic rings. The Morgan fingerprint density at radius 3 is 2.54 bits per heavy atom. The number of aliphatic hydroxyl groups is 1. The molecule has 35 heavy (non-hydrogen) atoms. The number of aliphatic hydroxyl groups excluding tert-OH is 1. The Kier molecular flexibility index (Phi) is 4.79. The molecule has 1 N–H and O–H groups in total. The lowest BCUT2D eigenvalue weighted by molar-refractivity contribution is -0.132. The molecule has 0 saturated carbocycles. The number of nitrogens with zero attached hydrogens (tertiary/aromatic N) is 4. The molecule has 1 unspecified atom stereocenters. The Hall–Kier alpha value is -4.30. The third-order valence-corrected chi connectivity index (χ3v) is 7.24. The number of aryl methyl sites for hydroxylation is 2. The molecular weight excluding hydrogens is 460 g/mol. The van der Waals surface area contributed by atoms with Crippen LogP contribution in [0.25, 0.3) is 21.6 Å². The lowest BCUT2D eigenvalue weighted by atomic mass is 9.96. The van der Waals surface area contributed by atoms with Crippen molar-refractivity contribution in [2.45, 2.75) is 19.9 Å². The van der Waals surface area contributed by atoms with Gasteiger partial charge in [-0.2, -0.15) is 0 Å². The molecule has 0 spiro atoms. The fraction of sp³-hybridized carbons (Fsp3) is 0.111. The first kappa shape index (κ1) is 21.2. The van der Waals surface area contributed by atoms with E-state index in [1.54, 1.807) is 17.5 Å². The SMILES string of the molecule is Cc1ccc2nc(N3C(=O)C(=O)C(=C(O)c4c(C)nc5ccccn45)C3c3ccccc3)sc2c1. The maximum absolute atomic E-state index is 13.5. The highest BCUT2D eigenvalue weighted by Gasteiger charge is 2.48. The summed E-state index contributed by atoms with van der Waals surface area (Å²) in [4.78, 5) is 37.5. The lowest BCUT2D eigenvalue weighted by Crippen LogP contribution is -2.29. The number of hydrogen-bond donors (Lipinski definition) is 1. The minimum absolute atomic E-state index is 0.0189. The first-order valence-electron chi connectivity index (χ1n) is 11.1. The maximum Gasteiger partial charge on any atom is 0.301 e. The molecule has 1 aliphatic rings. The molecule has 6 rings (SSSR count). The molecule has 8 heteroatoms. The highest BCUT2D eigenvalue weighted by atomic mass is 32.1. The van der Waals surface area contributed by atoms with Crippen molar-refractivity contribution < 1.29 is 14.7 Å². The summed E-state index contributed by atoms with van der Waals surface area (Å²) in [6, 6.07) is 19.8. The number of anilines is 1. The summed E-state index contributed by atoms with van der Waals surface area (Å²) in [5, 5.41) is 12.0. The number of amides is 1. The fourth-order valence-corrected chi connectivity index (χ4v) is 5.72. The molecule has 7 nitrogen and oxygen atoms in total. The van der Waals surface area contributed by atoms with Crippen molar-refractivity contribution in [1.82, 2.24) is 14.4 Å². The standard InChI is InChI=1S/C27H20N4O3S/c1-15-11-12-18-19(14-15)35-27(29-18)31-23(17-8-4-3-5-9-17)21(25(33)26(31)34)24(32)22-16(2)28-20-10-6-7-13-30(20)22/h3-14,23,32H,1-2H3. The number of Topliss-reactive ketones (excluding diaryl/α,β-unsaturated/α-hetero) is 1. The predicted octanol–water partition coefficient (Wildman–Crippen LogP) is 5.19. The first-order valence-corrected chi connectivity index (χ1v) is 11.9. The summed E-state index contributed by atoms with van der Waals surface area (Å²) in [6.45, 7) is 3.76. The number of imidazole rings is 1. The van der Waals surface area contributed by atoms with Gasteiger partial charge in [-0.05, 0) is 49.2 Å². The topological polar surface area (TPSA) is 87.8 Å². The summed E-state index contributed by atoms with van der Waals surface area (Å²) in [5.74, 6) is -1.73. The normalized spacial score (nSPS) is 17.7. The number of fused-ring (bicyclic) bond motifs is 2. The van der Waals surface area contributed by atoms with E-state index < -0.39 is 17.7 Å². The Morgan fingerprint density at radius 2 is 1.74 bits per heavy atom. The number of hydrogen-bond acceptors (Lipinski definition) is 6. The van der Waals surface area contributed by atoms with Crippen LogP contribution >= 0.6 is 11.3 Å². The summed E-state index contributed by atoms with van der Waals surface area (Å²) in [5.41, 5.74) is 4.14. The Morgan fingerprint density at radius 1 is 0.971 bits per heavy atom. The van der Waals surface area contributed by atoms with Gasteiger partial charge in [0.2, 0.25) is 0 Å². The van der Waals surface area contributed by atoms with E-state index in [2.05, 4.69) is 9.97 Å². The van der Waals surface area contributed by atoms with Gasteiger partial charge < -0.3 is 5.11 Å². The number of carbonyl (C=O) groups excluding carboxylic acids is 2. The van der Waals surface area contributed by atoms with E-state index in [1.807, 2.05) is 73.7 Å². The first-order chi connectivity index (χ1) is 16.9. The second-order valence-corrected chi connectivity index (χ2v) is 9.53. The van der Waals surface area contributed by atoms with Gasteiger partial charge in [0.15, 0.2) is 10.9 Å². The van der Waals surface area contributed by atoms with E-state index >= 15 is 0 Å². The molecule has 3 aromatic heterocycles. The van der Waals surface area contributed by atoms with Gasteiger partial charge in [-0.1, -0.05) is 53.8 Å². The van der Waals surface area contributed by atoms with E-state index in [4.69, 9.17) is 0 Å². The predicted molar refractivity (Wildman–Crippen MR) is 136 cm³/mol. The molecule has 1 saturated heterocycles. The van der Waals surface area contributed by atoms with Crippen molar-refractivity contribution in [1.29, 1.82) is 0 Å². The molecular formula is C27H20N4O3S. The molecule has 172 valence electrons. The molecule has 1 amide bonds. The molecule has 1 aliphatic heterocycles. The minimum Gasteiger partial charge on any atom is -0.505 e. The third kappa shape index (κ3) is 3.25. The van der Waals surface area contributed by atoms with Gasteiger partial charge in [0.25, 0.3) is 5.78 Å². The van der Waals surface area contributed by atoms with Crippen LogP contribution in [0.3, 0.4) is 0 Å². The zero-order valence-electron chi connectivity index (χ0n) is 19.0. The number of thiazole rings is 1. The molecule has 1 atom stereocenters. The molecule has 0 bridgehead atoms. The number of ketones is 1. The van der Waals surface area contributed by atoms with Gasteiger partial charge in [0.1, 0.15) is 11.3 Å². The van der Waals surface area contributed by atoms with Crippen molar-refractivity contribution in [3.63, 3.8) is 0 Å². The van der Waals surface area contributed by atoms with Crippen LogP contribution in [0.4, 0.5) is 5.13 Å². The van der Waals surface area contributed by atoms with E-state index in [0.717, 1.165) is 15.8 Å². The number of aromatic nitrogens is 3. The Bertz CT molecular complexity index is 1680. The van der Waals surface area contributed by atoms with Gasteiger partial charge in [-0.15, -0.1) is 0 Å². The maximum atomic E-state index is 13.5. The monoisotopic (exact) mass is 480 g/mol. The van der Waals surface area contributed by atoms with Crippen LogP contribution in [0.5, 0.6) is 0 Å². The van der Waals surface area contributed by atoms with Crippen LogP contribution in [0, 0.1) is 13.8 Å². The van der Waals surface area contributed by atoms with E-state index in [9.17, 15) is 14.7 Å². The average molecular weight is 481 g/mol. The summed E-state index contributed by atoms with van der Waals surface area (Å²) in [7, 11) is 0. The summed E-state index contributed by atoms with van der Waals surface area (Å²) >= 11 is 1.35. The minimum atomic E-state index is -0.827. The molecule has 0 radical (unpaired) electrons. The van der Waals surface area contributed by atoms with Crippen molar-refractivity contribution >= 4 is 49.8 Å². The number of rotatable bonds is 3. The van der Waals surface area contributed by atoms with E-state index in [-0.39, 0.29) is 11.3 Å². The van der Waals surface area contributed by atoms with Crippen molar-refractivity contribution in [3.05, 3.63) is 101 Å². The highest BCUT2D eigenvalue weighted by Crippen LogP contribution is 2.44. The smallest absolute Gasteiger partial charge is 0.301 e. The molecule has 1 fully saturated rings. The van der Waals surface area contributed by atoms with Gasteiger partial charge in [-0.25, -0.2) is 9.97 Å². The quantitative estimate of drug-likeness (QED) is 0.218. The van der Waals surface area contributed by atoms with Crippen molar-refractivity contribution in [2.75, 3.05) is 4.90 Å². The molecule has 4 heterocycles. The Labute approximate surface area is 204 Å². The summed E-state index contributed by atoms with van der Waals surface area (Å²) in [6.07, 6.45) is 1.77. The zero-order valence-corrected chi connectivity index (χ0v) is 19.8. The van der Waals surface area contributed by atoms with Crippen LogP contribution < -0.4 is 4.90 Å². The average Bonchev–Trinajstić information content (AvgIpc) is 3.50. The van der Waals surface area contributed by atoms with Crippen LogP contribution in [0.15, 0.2) is 78.5 Å². The van der Waals surface area contributed by atoms with Crippen molar-refractivity contribution in [3.8, 4) is 0 Å². The van der Waals surface area contributed by atoms with Crippen LogP contribution in [-0.4, -0.2) is 31.2 Å². The zero-order chi connectivity index (χ0) is 24.3. The molecule has 0 aliphatic carbocycles. The van der Waals surface area contributed by atoms with Crippen LogP contribution in [0.1, 0.15) is 28.6 Å². The fourth-order valence-electron chi connectivity index (χ4n) is 4.63. The van der Waals surface area contributed by atoms with Gasteiger partial charge >= 0.3 is 5.91 Å². The molecule has 2 aromatic carbocycles. The Balaban J connectivity index is 1.61. The number of benzene rings is 2. The second kappa shape index (κ2) is 7.89. The lowest BCUT2D eigenvalue weighted by Gasteiger charge is -2.22. The van der Waals surface area contributed by atoms with Crippen molar-refractivity contribution in [2.24, 2.45) is 0 Å². The second-order valence-electron chi connectivity index (χ2n) is 8.52. The number of pyridine rings is 1. The summed E-state index contributed by atoms with van der Waals surface area (Å²) < 4.78 is 2.65. The van der Waals surface area contributed by atoms with E-state index in [0.29, 0.717) is 27.7 Å². The van der Waals surface area contributed by atoms with Gasteiger partial charge in [0, 0.05) is 6.20 Å². The highest BCUT2D eigenvalue weighted by molar-refractivity contribution is 7.22. The van der Waals surface area contributed by atoms with Crippen LogP contribution in [0.2, 0.25) is 0 Å².